The third-order valence-corrected chi connectivity index (χ3v) is 4.66. The van der Waals surface area contributed by atoms with Crippen molar-refractivity contribution in [3.8, 4) is 0 Å². The van der Waals surface area contributed by atoms with Gasteiger partial charge in [-0.05, 0) is 57.1 Å². The van der Waals surface area contributed by atoms with Gasteiger partial charge < -0.3 is 10.6 Å². The molecule has 1 heterocycles. The number of nitrogens with zero attached hydrogens (tertiary/aromatic N) is 1. The van der Waals surface area contributed by atoms with Crippen LogP contribution >= 0.6 is 0 Å². The van der Waals surface area contributed by atoms with Crippen LogP contribution in [0.25, 0.3) is 0 Å². The summed E-state index contributed by atoms with van der Waals surface area (Å²) in [6, 6.07) is 6.64. The molecule has 1 saturated heterocycles. The number of piperidine rings is 1. The van der Waals surface area contributed by atoms with Crippen LogP contribution in [0.5, 0.6) is 0 Å². The molecule has 0 aliphatic carbocycles. The number of hydrogen-bond acceptors (Lipinski definition) is 2. The van der Waals surface area contributed by atoms with E-state index in [2.05, 4.69) is 32.0 Å². The lowest BCUT2D eigenvalue weighted by Crippen LogP contribution is -2.45. The number of rotatable bonds is 4. The molecule has 1 aliphatic rings. The largest absolute Gasteiger partial charge is 0.342 e. The lowest BCUT2D eigenvalue weighted by Gasteiger charge is -2.34. The molecule has 2 N–H and O–H groups in total. The highest BCUT2D eigenvalue weighted by molar-refractivity contribution is 5.76. The molecule has 3 nitrogen and oxygen atoms in total. The Morgan fingerprint density at radius 1 is 1.43 bits per heavy atom. The van der Waals surface area contributed by atoms with E-state index in [1.807, 2.05) is 11.8 Å². The molecule has 3 heteroatoms. The molecule has 21 heavy (non-hydrogen) atoms. The summed E-state index contributed by atoms with van der Waals surface area (Å²) in [6.45, 7) is 8.01. The number of aryl methyl sites for hydroxylation is 3. The zero-order valence-corrected chi connectivity index (χ0v) is 13.6. The zero-order chi connectivity index (χ0) is 15.4. The summed E-state index contributed by atoms with van der Waals surface area (Å²) in [5.41, 5.74) is 9.84. The predicted molar refractivity (Wildman–Crippen MR) is 87.2 cm³/mol. The zero-order valence-electron chi connectivity index (χ0n) is 13.6. The average molecular weight is 288 g/mol. The highest BCUT2D eigenvalue weighted by Crippen LogP contribution is 2.20. The van der Waals surface area contributed by atoms with Gasteiger partial charge in [-0.1, -0.05) is 23.8 Å². The van der Waals surface area contributed by atoms with Crippen molar-refractivity contribution in [3.63, 3.8) is 0 Å². The third kappa shape index (κ3) is 4.31. The van der Waals surface area contributed by atoms with Crippen molar-refractivity contribution in [2.24, 2.45) is 11.7 Å². The van der Waals surface area contributed by atoms with E-state index < -0.39 is 0 Å². The van der Waals surface area contributed by atoms with Crippen LogP contribution in [0, 0.1) is 19.8 Å². The van der Waals surface area contributed by atoms with Gasteiger partial charge in [-0.25, -0.2) is 0 Å². The number of carbonyl (C=O) groups is 1. The summed E-state index contributed by atoms with van der Waals surface area (Å²) >= 11 is 0. The maximum Gasteiger partial charge on any atom is 0.222 e. The monoisotopic (exact) mass is 288 g/mol. The van der Waals surface area contributed by atoms with Gasteiger partial charge in [0.25, 0.3) is 0 Å². The molecule has 1 amide bonds. The van der Waals surface area contributed by atoms with Crippen LogP contribution in [0.2, 0.25) is 0 Å². The van der Waals surface area contributed by atoms with Gasteiger partial charge in [-0.2, -0.15) is 0 Å². The lowest BCUT2D eigenvalue weighted by molar-refractivity contribution is -0.133. The van der Waals surface area contributed by atoms with Crippen LogP contribution in [0.4, 0.5) is 0 Å². The molecule has 2 rings (SSSR count). The van der Waals surface area contributed by atoms with E-state index in [4.69, 9.17) is 5.73 Å². The minimum Gasteiger partial charge on any atom is -0.342 e. The minimum atomic E-state index is 0.181. The number of likely N-dealkylation sites (tertiary alicyclic amines) is 1. The highest BCUT2D eigenvalue weighted by atomic mass is 16.2. The first-order chi connectivity index (χ1) is 9.97. The van der Waals surface area contributed by atoms with Crippen LogP contribution in [0.3, 0.4) is 0 Å². The molecule has 1 aromatic rings. The summed E-state index contributed by atoms with van der Waals surface area (Å²) in [7, 11) is 0. The summed E-state index contributed by atoms with van der Waals surface area (Å²) < 4.78 is 0. The van der Waals surface area contributed by atoms with Crippen LogP contribution in [-0.4, -0.2) is 29.9 Å². The fourth-order valence-electron chi connectivity index (χ4n) is 3.19. The van der Waals surface area contributed by atoms with Gasteiger partial charge in [0.2, 0.25) is 5.91 Å². The van der Waals surface area contributed by atoms with Crippen molar-refractivity contribution >= 4 is 5.91 Å². The van der Waals surface area contributed by atoms with E-state index in [1.165, 1.54) is 16.7 Å². The summed E-state index contributed by atoms with van der Waals surface area (Å²) in [5, 5.41) is 0. The second-order valence-corrected chi connectivity index (χ2v) is 6.53. The third-order valence-electron chi connectivity index (χ3n) is 4.66. The fraction of sp³-hybridized carbons (Fsp3) is 0.611. The maximum absolute atomic E-state index is 12.4. The van der Waals surface area contributed by atoms with Crippen molar-refractivity contribution in [3.05, 3.63) is 34.9 Å². The molecule has 2 atom stereocenters. The van der Waals surface area contributed by atoms with Crippen LogP contribution < -0.4 is 5.73 Å². The molecule has 0 radical (unpaired) electrons. The van der Waals surface area contributed by atoms with Crippen molar-refractivity contribution in [1.82, 2.24) is 4.90 Å². The first kappa shape index (κ1) is 16.0. The normalized spacial score (nSPS) is 20.4. The smallest absolute Gasteiger partial charge is 0.222 e. The quantitative estimate of drug-likeness (QED) is 0.926. The Labute approximate surface area is 128 Å². The minimum absolute atomic E-state index is 0.181. The Hall–Kier alpha value is -1.35. The standard InChI is InChI=1S/C18H28N2O/c1-13-6-7-16(14(2)11-13)8-9-18(21)20-10-4-5-17(12-20)15(3)19/h6-7,11,15,17H,4-5,8-10,12,19H2,1-3H3/t15-,17-/m0/s1. The predicted octanol–water partition coefficient (Wildman–Crippen LogP) is 2.82. The van der Waals surface area contributed by atoms with Crippen LogP contribution in [0.1, 0.15) is 42.9 Å². The molecular formula is C18H28N2O. The molecule has 1 fully saturated rings. The lowest BCUT2D eigenvalue weighted by atomic mass is 9.92. The molecule has 0 unspecified atom stereocenters. The molecule has 0 saturated carbocycles. The van der Waals surface area contributed by atoms with Crippen molar-refractivity contribution in [2.45, 2.75) is 52.5 Å². The Balaban J connectivity index is 1.89. The SMILES string of the molecule is Cc1ccc(CCC(=O)N2CCC[C@H]([C@H](C)N)C2)c(C)c1. The van der Waals surface area contributed by atoms with E-state index in [0.29, 0.717) is 12.3 Å². The Morgan fingerprint density at radius 3 is 2.86 bits per heavy atom. The summed E-state index contributed by atoms with van der Waals surface area (Å²) in [4.78, 5) is 14.4. The van der Waals surface area contributed by atoms with E-state index in [9.17, 15) is 4.79 Å². The molecule has 0 spiro atoms. The second-order valence-electron chi connectivity index (χ2n) is 6.53. The highest BCUT2D eigenvalue weighted by Gasteiger charge is 2.25. The van der Waals surface area contributed by atoms with Gasteiger partial charge in [0.05, 0.1) is 0 Å². The molecule has 0 aromatic heterocycles. The summed E-state index contributed by atoms with van der Waals surface area (Å²) in [5.74, 6) is 0.740. The van der Waals surface area contributed by atoms with E-state index in [-0.39, 0.29) is 11.9 Å². The average Bonchev–Trinajstić information content (AvgIpc) is 2.46. The first-order valence-electron chi connectivity index (χ1n) is 8.07. The molecule has 116 valence electrons. The second kappa shape index (κ2) is 7.08. The number of hydrogen-bond donors (Lipinski definition) is 1. The van der Waals surface area contributed by atoms with Gasteiger partial charge in [-0.3, -0.25) is 4.79 Å². The van der Waals surface area contributed by atoms with Gasteiger partial charge in [-0.15, -0.1) is 0 Å². The van der Waals surface area contributed by atoms with Crippen LogP contribution in [-0.2, 0) is 11.2 Å². The number of nitrogens with two attached hydrogens (primary N) is 1. The van der Waals surface area contributed by atoms with Crippen molar-refractivity contribution < 1.29 is 4.79 Å². The van der Waals surface area contributed by atoms with Crippen LogP contribution in [0.15, 0.2) is 18.2 Å². The Bertz CT molecular complexity index is 496. The fourth-order valence-corrected chi connectivity index (χ4v) is 3.19. The van der Waals surface area contributed by atoms with Gasteiger partial charge in [0.15, 0.2) is 0 Å². The van der Waals surface area contributed by atoms with Gasteiger partial charge in [0, 0.05) is 25.6 Å². The van der Waals surface area contributed by atoms with Crippen molar-refractivity contribution in [1.29, 1.82) is 0 Å². The number of amides is 1. The van der Waals surface area contributed by atoms with Gasteiger partial charge >= 0.3 is 0 Å². The van der Waals surface area contributed by atoms with Gasteiger partial charge in [0.1, 0.15) is 0 Å². The number of benzene rings is 1. The van der Waals surface area contributed by atoms with Crippen molar-refractivity contribution in [2.75, 3.05) is 13.1 Å². The molecule has 0 bridgehead atoms. The molecule has 1 aromatic carbocycles. The Morgan fingerprint density at radius 2 is 2.19 bits per heavy atom. The maximum atomic E-state index is 12.4. The van der Waals surface area contributed by atoms with E-state index in [0.717, 1.165) is 32.4 Å². The summed E-state index contributed by atoms with van der Waals surface area (Å²) in [6.07, 6.45) is 3.68. The molecule has 1 aliphatic heterocycles. The molecular weight excluding hydrogens is 260 g/mol. The topological polar surface area (TPSA) is 46.3 Å². The Kier molecular flexibility index (Phi) is 5.40. The van der Waals surface area contributed by atoms with E-state index >= 15 is 0 Å². The first-order valence-corrected chi connectivity index (χ1v) is 8.07. The number of carbonyl (C=O) groups excluding carboxylic acids is 1. The van der Waals surface area contributed by atoms with E-state index in [1.54, 1.807) is 0 Å².